The van der Waals surface area contributed by atoms with E-state index < -0.39 is 28.5 Å². The van der Waals surface area contributed by atoms with Crippen molar-refractivity contribution in [2.45, 2.75) is 58.2 Å². The first-order valence-corrected chi connectivity index (χ1v) is 10.4. The van der Waals surface area contributed by atoms with Crippen LogP contribution in [-0.4, -0.2) is 45.9 Å². The van der Waals surface area contributed by atoms with Gasteiger partial charge in [0.25, 0.3) is 0 Å². The fraction of sp³-hybridized carbons (Fsp3) is 0.579. The van der Waals surface area contributed by atoms with Crippen molar-refractivity contribution in [3.05, 3.63) is 35.9 Å². The maximum Gasteiger partial charge on any atom is 0.408 e. The van der Waals surface area contributed by atoms with E-state index in [1.54, 1.807) is 27.0 Å². The molecule has 0 saturated carbocycles. The Morgan fingerprint density at radius 2 is 1.77 bits per heavy atom. The normalized spacial score (nSPS) is 14.8. The third kappa shape index (κ3) is 9.56. The molecule has 0 heterocycles. The van der Waals surface area contributed by atoms with Crippen molar-refractivity contribution in [2.75, 3.05) is 12.0 Å². The van der Waals surface area contributed by atoms with Crippen LogP contribution in [0.3, 0.4) is 0 Å². The third-order valence-electron chi connectivity index (χ3n) is 3.52. The highest BCUT2D eigenvalue weighted by Gasteiger charge is 2.25. The minimum atomic E-state index is -0.905. The second-order valence-corrected chi connectivity index (χ2v) is 8.92. The van der Waals surface area contributed by atoms with Crippen molar-refractivity contribution in [1.82, 2.24) is 10.6 Å². The van der Waals surface area contributed by atoms with E-state index >= 15 is 0 Å². The van der Waals surface area contributed by atoms with Gasteiger partial charge in [-0.25, -0.2) is 4.79 Å². The standard InChI is InChI=1S/C19H30N2O4S/c1-14(11-12-26(5)24)20-17(22)16(13-15-9-7-6-8-10-15)21-18(23)25-19(2,3)4/h6-10,14,16H,11-13H2,1-5H3,(H,20,22)(H,21,23)/t14-,16+,26+/m1/s1. The predicted molar refractivity (Wildman–Crippen MR) is 104 cm³/mol. The molecule has 0 aromatic heterocycles. The van der Waals surface area contributed by atoms with E-state index in [0.717, 1.165) is 5.56 Å². The van der Waals surface area contributed by atoms with Gasteiger partial charge in [0, 0.05) is 35.3 Å². The quantitative estimate of drug-likeness (QED) is 0.723. The van der Waals surface area contributed by atoms with E-state index in [2.05, 4.69) is 10.6 Å². The van der Waals surface area contributed by atoms with Gasteiger partial charge < -0.3 is 15.4 Å². The molecule has 2 N–H and O–H groups in total. The molecule has 0 aliphatic heterocycles. The summed E-state index contributed by atoms with van der Waals surface area (Å²) in [6, 6.07) is 8.59. The summed E-state index contributed by atoms with van der Waals surface area (Å²) < 4.78 is 16.5. The summed E-state index contributed by atoms with van der Waals surface area (Å²) in [6.07, 6.45) is 1.98. The van der Waals surface area contributed by atoms with E-state index in [1.807, 2.05) is 37.3 Å². The largest absolute Gasteiger partial charge is 0.444 e. The van der Waals surface area contributed by atoms with Crippen LogP contribution in [0.4, 0.5) is 4.79 Å². The van der Waals surface area contributed by atoms with Crippen molar-refractivity contribution in [3.8, 4) is 0 Å². The monoisotopic (exact) mass is 382 g/mol. The summed E-state index contributed by atoms with van der Waals surface area (Å²) in [7, 11) is -0.905. The third-order valence-corrected chi connectivity index (χ3v) is 4.33. The Labute approximate surface area is 158 Å². The number of benzene rings is 1. The molecule has 0 unspecified atom stereocenters. The van der Waals surface area contributed by atoms with E-state index in [0.29, 0.717) is 18.6 Å². The van der Waals surface area contributed by atoms with Crippen molar-refractivity contribution in [3.63, 3.8) is 0 Å². The van der Waals surface area contributed by atoms with E-state index in [9.17, 15) is 13.8 Å². The number of carbonyl (C=O) groups excluding carboxylic acids is 2. The van der Waals surface area contributed by atoms with Gasteiger partial charge in [0.1, 0.15) is 11.6 Å². The number of amides is 2. The molecule has 0 fully saturated rings. The zero-order valence-electron chi connectivity index (χ0n) is 16.2. The lowest BCUT2D eigenvalue weighted by Gasteiger charge is -2.24. The van der Waals surface area contributed by atoms with Gasteiger partial charge >= 0.3 is 6.09 Å². The average Bonchev–Trinajstić information content (AvgIpc) is 2.51. The van der Waals surface area contributed by atoms with Crippen LogP contribution in [0.25, 0.3) is 0 Å². The smallest absolute Gasteiger partial charge is 0.408 e. The highest BCUT2D eigenvalue weighted by Crippen LogP contribution is 2.09. The molecule has 0 aliphatic rings. The molecule has 1 rings (SSSR count). The molecular formula is C19H30N2O4S. The summed E-state index contributed by atoms with van der Waals surface area (Å²) in [5.74, 6) is 0.235. The van der Waals surface area contributed by atoms with Gasteiger partial charge in [-0.05, 0) is 39.7 Å². The lowest BCUT2D eigenvalue weighted by molar-refractivity contribution is -0.123. The predicted octanol–water partition coefficient (Wildman–Crippen LogP) is 2.40. The molecule has 0 bridgehead atoms. The molecule has 2 amide bonds. The molecule has 3 atom stereocenters. The molecule has 7 heteroatoms. The number of carbonyl (C=O) groups is 2. The fourth-order valence-corrected chi connectivity index (χ4v) is 2.95. The van der Waals surface area contributed by atoms with Crippen LogP contribution in [-0.2, 0) is 26.8 Å². The summed E-state index contributed by atoms with van der Waals surface area (Å²) in [5.41, 5.74) is 0.294. The van der Waals surface area contributed by atoms with Gasteiger partial charge in [-0.3, -0.25) is 9.00 Å². The molecule has 0 saturated heterocycles. The lowest BCUT2D eigenvalue weighted by Crippen LogP contribution is -2.51. The summed E-state index contributed by atoms with van der Waals surface area (Å²) >= 11 is 0. The first-order valence-electron chi connectivity index (χ1n) is 8.70. The number of ether oxygens (including phenoxy) is 1. The van der Waals surface area contributed by atoms with Gasteiger partial charge in [0.05, 0.1) is 0 Å². The Bertz CT molecular complexity index is 614. The molecule has 1 aromatic carbocycles. The average molecular weight is 383 g/mol. The second kappa shape index (κ2) is 10.3. The Hall–Kier alpha value is -1.89. The SMILES string of the molecule is C[C@H](CC[S@](C)=O)NC(=O)[C@H](Cc1ccccc1)NC(=O)OC(C)(C)C. The van der Waals surface area contributed by atoms with Crippen molar-refractivity contribution in [2.24, 2.45) is 0 Å². The van der Waals surface area contributed by atoms with E-state index in [-0.39, 0.29) is 11.9 Å². The minimum absolute atomic E-state index is 0.134. The van der Waals surface area contributed by atoms with Crippen LogP contribution < -0.4 is 10.6 Å². The molecule has 0 aliphatic carbocycles. The summed E-state index contributed by atoms with van der Waals surface area (Å²) in [5, 5.41) is 5.54. The highest BCUT2D eigenvalue weighted by atomic mass is 32.2. The molecule has 1 aromatic rings. The molecule has 26 heavy (non-hydrogen) atoms. The van der Waals surface area contributed by atoms with Crippen LogP contribution in [0.2, 0.25) is 0 Å². The van der Waals surface area contributed by atoms with E-state index in [4.69, 9.17) is 4.74 Å². The van der Waals surface area contributed by atoms with E-state index in [1.165, 1.54) is 0 Å². The van der Waals surface area contributed by atoms with Crippen molar-refractivity contribution >= 4 is 22.8 Å². The van der Waals surface area contributed by atoms with Gasteiger partial charge in [0.2, 0.25) is 5.91 Å². The van der Waals surface area contributed by atoms with Crippen LogP contribution in [0.1, 0.15) is 39.7 Å². The van der Waals surface area contributed by atoms with Crippen LogP contribution in [0, 0.1) is 0 Å². The Morgan fingerprint density at radius 3 is 2.31 bits per heavy atom. The van der Waals surface area contributed by atoms with Crippen LogP contribution in [0.5, 0.6) is 0 Å². The van der Waals surface area contributed by atoms with Gasteiger partial charge in [-0.15, -0.1) is 0 Å². The molecule has 146 valence electrons. The van der Waals surface area contributed by atoms with Gasteiger partial charge in [-0.2, -0.15) is 0 Å². The Balaban J connectivity index is 2.77. The van der Waals surface area contributed by atoms with Crippen LogP contribution >= 0.6 is 0 Å². The summed E-state index contributed by atoms with van der Waals surface area (Å²) in [4.78, 5) is 24.8. The lowest BCUT2D eigenvalue weighted by atomic mass is 10.0. The first kappa shape index (κ1) is 22.2. The molecule has 6 nitrogen and oxygen atoms in total. The Morgan fingerprint density at radius 1 is 1.15 bits per heavy atom. The Kier molecular flexibility index (Phi) is 8.78. The number of hydrogen-bond acceptors (Lipinski definition) is 4. The maximum absolute atomic E-state index is 12.6. The van der Waals surface area contributed by atoms with Crippen LogP contribution in [0.15, 0.2) is 30.3 Å². The second-order valence-electron chi connectivity index (χ2n) is 7.36. The number of hydrogen-bond donors (Lipinski definition) is 2. The zero-order chi connectivity index (χ0) is 19.7. The number of alkyl carbamates (subject to hydrolysis) is 1. The fourth-order valence-electron chi connectivity index (χ4n) is 2.27. The number of nitrogens with one attached hydrogen (secondary N) is 2. The summed E-state index contributed by atoms with van der Waals surface area (Å²) in [6.45, 7) is 7.17. The topological polar surface area (TPSA) is 84.5 Å². The molecular weight excluding hydrogens is 352 g/mol. The minimum Gasteiger partial charge on any atom is -0.444 e. The molecule has 0 radical (unpaired) electrons. The highest BCUT2D eigenvalue weighted by molar-refractivity contribution is 7.84. The molecule has 0 spiro atoms. The maximum atomic E-state index is 12.6. The van der Waals surface area contributed by atoms with Crippen molar-refractivity contribution < 1.29 is 18.5 Å². The van der Waals surface area contributed by atoms with Gasteiger partial charge in [-0.1, -0.05) is 30.3 Å². The van der Waals surface area contributed by atoms with Gasteiger partial charge in [0.15, 0.2) is 0 Å². The number of rotatable bonds is 8. The first-order chi connectivity index (χ1) is 12.1. The van der Waals surface area contributed by atoms with Crippen molar-refractivity contribution in [1.29, 1.82) is 0 Å². The zero-order valence-corrected chi connectivity index (χ0v) is 17.0.